The summed E-state index contributed by atoms with van der Waals surface area (Å²) in [7, 11) is -2.34. The van der Waals surface area contributed by atoms with Crippen molar-refractivity contribution < 1.29 is 22.7 Å². The van der Waals surface area contributed by atoms with Crippen LogP contribution in [0, 0.1) is 11.8 Å². The van der Waals surface area contributed by atoms with Crippen LogP contribution in [0.4, 0.5) is 0 Å². The highest BCUT2D eigenvalue weighted by molar-refractivity contribution is 7.89. The summed E-state index contributed by atoms with van der Waals surface area (Å²) >= 11 is 0. The molecule has 0 saturated carbocycles. The monoisotopic (exact) mass is 467 g/mol. The van der Waals surface area contributed by atoms with Crippen molar-refractivity contribution in [1.29, 1.82) is 0 Å². The first kappa shape index (κ1) is 25.0. The van der Waals surface area contributed by atoms with Gasteiger partial charge in [0.2, 0.25) is 10.0 Å². The van der Waals surface area contributed by atoms with E-state index in [1.807, 2.05) is 0 Å². The van der Waals surface area contributed by atoms with Crippen LogP contribution >= 0.6 is 0 Å². The number of nitrogens with one attached hydrogen (secondary N) is 1. The molecule has 2 saturated heterocycles. The first-order valence-corrected chi connectivity index (χ1v) is 12.8. The molecule has 0 spiro atoms. The quantitative estimate of drug-likeness (QED) is 0.662. The normalized spacial score (nSPS) is 23.7. The standard InChI is InChI=1S/C23H37N3O5S/c1-17-12-18(2)15-26(14-17)32(28,29)21-13-19(6-7-20(21)30-5)22(27)24-16-23(3,4)25-8-10-31-11-9-25/h6-7,13,17-18H,8-12,14-16H2,1-5H3,(H,24,27)/t17-,18-/m1/s1. The first-order chi connectivity index (χ1) is 15.0. The molecule has 1 N–H and O–H groups in total. The molecule has 0 aromatic heterocycles. The Bertz CT molecular complexity index is 902. The summed E-state index contributed by atoms with van der Waals surface area (Å²) in [6.45, 7) is 12.7. The van der Waals surface area contributed by atoms with Crippen molar-refractivity contribution in [2.45, 2.75) is 44.6 Å². The lowest BCUT2D eigenvalue weighted by Gasteiger charge is -2.40. The van der Waals surface area contributed by atoms with Gasteiger partial charge in [-0.3, -0.25) is 9.69 Å². The summed E-state index contributed by atoms with van der Waals surface area (Å²) in [5.74, 6) is 0.522. The first-order valence-electron chi connectivity index (χ1n) is 11.3. The SMILES string of the molecule is COc1ccc(C(=O)NCC(C)(C)N2CCOCC2)cc1S(=O)(=O)N1C[C@H](C)C[C@@H](C)C1. The highest BCUT2D eigenvalue weighted by atomic mass is 32.2. The summed E-state index contributed by atoms with van der Waals surface area (Å²) in [5, 5.41) is 2.98. The van der Waals surface area contributed by atoms with Crippen molar-refractivity contribution in [1.82, 2.24) is 14.5 Å². The van der Waals surface area contributed by atoms with E-state index < -0.39 is 10.0 Å². The zero-order valence-corrected chi connectivity index (χ0v) is 20.7. The molecule has 2 heterocycles. The van der Waals surface area contributed by atoms with Crippen LogP contribution < -0.4 is 10.1 Å². The number of piperidine rings is 1. The molecule has 32 heavy (non-hydrogen) atoms. The van der Waals surface area contributed by atoms with Gasteiger partial charge in [0.05, 0.1) is 20.3 Å². The van der Waals surface area contributed by atoms with Crippen LogP contribution in [0.2, 0.25) is 0 Å². The number of sulfonamides is 1. The number of rotatable bonds is 7. The van der Waals surface area contributed by atoms with Crippen LogP contribution in [-0.4, -0.2) is 82.1 Å². The average molecular weight is 468 g/mol. The molecule has 1 aromatic rings. The highest BCUT2D eigenvalue weighted by Crippen LogP contribution is 2.32. The number of hydrogen-bond acceptors (Lipinski definition) is 6. The van der Waals surface area contributed by atoms with Crippen LogP contribution in [0.25, 0.3) is 0 Å². The second-order valence-electron chi connectivity index (χ2n) is 9.73. The molecule has 3 rings (SSSR count). The number of benzene rings is 1. The third-order valence-corrected chi connectivity index (χ3v) is 8.28. The molecule has 2 fully saturated rings. The minimum atomic E-state index is -3.78. The molecular formula is C23H37N3O5S. The van der Waals surface area contributed by atoms with E-state index in [0.717, 1.165) is 19.5 Å². The van der Waals surface area contributed by atoms with Gasteiger partial charge >= 0.3 is 0 Å². The molecule has 0 unspecified atom stereocenters. The Morgan fingerprint density at radius 3 is 2.41 bits per heavy atom. The van der Waals surface area contributed by atoms with Crippen molar-refractivity contribution in [2.75, 3.05) is 53.0 Å². The van der Waals surface area contributed by atoms with E-state index in [2.05, 4.69) is 37.9 Å². The Balaban J connectivity index is 1.78. The van der Waals surface area contributed by atoms with Gasteiger partial charge in [-0.25, -0.2) is 8.42 Å². The van der Waals surface area contributed by atoms with E-state index in [4.69, 9.17) is 9.47 Å². The molecular weight excluding hydrogens is 430 g/mol. The minimum Gasteiger partial charge on any atom is -0.495 e. The summed E-state index contributed by atoms with van der Waals surface area (Å²) in [6.07, 6.45) is 1.00. The zero-order chi connectivity index (χ0) is 23.5. The summed E-state index contributed by atoms with van der Waals surface area (Å²) in [4.78, 5) is 15.3. The minimum absolute atomic E-state index is 0.0430. The van der Waals surface area contributed by atoms with Crippen molar-refractivity contribution in [2.24, 2.45) is 11.8 Å². The van der Waals surface area contributed by atoms with Gasteiger partial charge in [-0.2, -0.15) is 4.31 Å². The highest BCUT2D eigenvalue weighted by Gasteiger charge is 2.34. The van der Waals surface area contributed by atoms with E-state index in [1.54, 1.807) is 12.1 Å². The molecule has 1 amide bonds. The predicted molar refractivity (Wildman–Crippen MR) is 124 cm³/mol. The number of carbonyl (C=O) groups is 1. The number of ether oxygens (including phenoxy) is 2. The summed E-state index contributed by atoms with van der Waals surface area (Å²) in [5.41, 5.74) is 0.0706. The van der Waals surface area contributed by atoms with Gasteiger partial charge < -0.3 is 14.8 Å². The molecule has 0 aliphatic carbocycles. The third kappa shape index (κ3) is 5.62. The maximum Gasteiger partial charge on any atom is 0.251 e. The average Bonchev–Trinajstić information content (AvgIpc) is 2.77. The lowest BCUT2D eigenvalue weighted by molar-refractivity contribution is -0.00923. The van der Waals surface area contributed by atoms with E-state index in [1.165, 1.54) is 17.5 Å². The van der Waals surface area contributed by atoms with Gasteiger partial charge in [0.15, 0.2) is 0 Å². The topological polar surface area (TPSA) is 88.2 Å². The lowest BCUT2D eigenvalue weighted by atomic mass is 9.94. The van der Waals surface area contributed by atoms with Gasteiger partial charge in [-0.15, -0.1) is 0 Å². The Morgan fingerprint density at radius 2 is 1.81 bits per heavy atom. The molecule has 8 nitrogen and oxygen atoms in total. The number of amides is 1. The summed E-state index contributed by atoms with van der Waals surface area (Å²) in [6, 6.07) is 4.61. The van der Waals surface area contributed by atoms with Crippen LogP contribution in [0.15, 0.2) is 23.1 Å². The van der Waals surface area contributed by atoms with Crippen LogP contribution in [0.3, 0.4) is 0 Å². The van der Waals surface area contributed by atoms with E-state index in [0.29, 0.717) is 38.4 Å². The zero-order valence-electron chi connectivity index (χ0n) is 19.9. The van der Waals surface area contributed by atoms with E-state index in [9.17, 15) is 13.2 Å². The number of hydrogen-bond donors (Lipinski definition) is 1. The van der Waals surface area contributed by atoms with Gasteiger partial charge in [-0.05, 0) is 50.3 Å². The Labute approximate surface area is 192 Å². The van der Waals surface area contributed by atoms with Crippen LogP contribution in [0.5, 0.6) is 5.75 Å². The molecule has 0 radical (unpaired) electrons. The lowest BCUT2D eigenvalue weighted by Crippen LogP contribution is -2.55. The van der Waals surface area contributed by atoms with Crippen LogP contribution in [-0.2, 0) is 14.8 Å². The molecule has 180 valence electrons. The molecule has 9 heteroatoms. The fraction of sp³-hybridized carbons (Fsp3) is 0.696. The molecule has 2 aliphatic heterocycles. The molecule has 1 aromatic carbocycles. The molecule has 0 bridgehead atoms. The number of nitrogens with zero attached hydrogens (tertiary/aromatic N) is 2. The van der Waals surface area contributed by atoms with Crippen molar-refractivity contribution >= 4 is 15.9 Å². The Kier molecular flexibility index (Phi) is 7.85. The largest absolute Gasteiger partial charge is 0.495 e. The van der Waals surface area contributed by atoms with Crippen molar-refractivity contribution in [3.8, 4) is 5.75 Å². The van der Waals surface area contributed by atoms with Gasteiger partial charge in [0, 0.05) is 43.8 Å². The molecule has 2 aliphatic rings. The predicted octanol–water partition coefficient (Wildman–Crippen LogP) is 2.20. The maximum atomic E-state index is 13.5. The van der Waals surface area contributed by atoms with Gasteiger partial charge in [-0.1, -0.05) is 13.8 Å². The van der Waals surface area contributed by atoms with Gasteiger partial charge in [0.25, 0.3) is 5.91 Å². The van der Waals surface area contributed by atoms with Crippen LogP contribution in [0.1, 0.15) is 44.5 Å². The van der Waals surface area contributed by atoms with Gasteiger partial charge in [0.1, 0.15) is 10.6 Å². The Hall–Kier alpha value is -1.68. The maximum absolute atomic E-state index is 13.5. The van der Waals surface area contributed by atoms with Crippen molar-refractivity contribution in [3.63, 3.8) is 0 Å². The van der Waals surface area contributed by atoms with Crippen molar-refractivity contribution in [3.05, 3.63) is 23.8 Å². The number of carbonyl (C=O) groups excluding carboxylic acids is 1. The number of morpholine rings is 1. The van der Waals surface area contributed by atoms with E-state index in [-0.39, 0.29) is 33.9 Å². The Morgan fingerprint density at radius 1 is 1.19 bits per heavy atom. The van der Waals surface area contributed by atoms with E-state index >= 15 is 0 Å². The fourth-order valence-electron chi connectivity index (χ4n) is 4.64. The second-order valence-corrected chi connectivity index (χ2v) is 11.6. The smallest absolute Gasteiger partial charge is 0.251 e. The third-order valence-electron chi connectivity index (χ3n) is 6.43. The second kappa shape index (κ2) is 10.1. The fourth-order valence-corrected chi connectivity index (χ4v) is 6.50. The summed E-state index contributed by atoms with van der Waals surface area (Å²) < 4.78 is 39.2. The number of methoxy groups -OCH3 is 1. The molecule has 2 atom stereocenters.